The Kier molecular flexibility index (Phi) is 5.04. The first-order chi connectivity index (χ1) is 9.11. The van der Waals surface area contributed by atoms with Crippen LogP contribution in [-0.4, -0.2) is 12.6 Å². The zero-order valence-corrected chi connectivity index (χ0v) is 12.9. The molecule has 0 bridgehead atoms. The highest BCUT2D eigenvalue weighted by atomic mass is 14.9. The Morgan fingerprint density at radius 3 is 2.74 bits per heavy atom. The molecule has 0 radical (unpaired) electrons. The Bertz CT molecular complexity index is 396. The van der Waals surface area contributed by atoms with E-state index >= 15 is 0 Å². The van der Waals surface area contributed by atoms with Gasteiger partial charge in [-0.05, 0) is 54.7 Å². The van der Waals surface area contributed by atoms with Crippen LogP contribution in [0.25, 0.3) is 0 Å². The van der Waals surface area contributed by atoms with E-state index < -0.39 is 0 Å². The number of benzene rings is 1. The number of nitrogens with one attached hydrogen (secondary N) is 1. The average Bonchev–Trinajstić information content (AvgIpc) is 2.71. The molecule has 3 unspecified atom stereocenters. The van der Waals surface area contributed by atoms with Crippen molar-refractivity contribution in [1.82, 2.24) is 5.32 Å². The van der Waals surface area contributed by atoms with E-state index in [0.717, 1.165) is 24.3 Å². The van der Waals surface area contributed by atoms with Crippen molar-refractivity contribution in [3.05, 3.63) is 35.4 Å². The van der Waals surface area contributed by atoms with Gasteiger partial charge in [0.25, 0.3) is 0 Å². The van der Waals surface area contributed by atoms with Crippen molar-refractivity contribution in [3.8, 4) is 0 Å². The lowest BCUT2D eigenvalue weighted by Gasteiger charge is -2.22. The van der Waals surface area contributed by atoms with E-state index in [9.17, 15) is 0 Å². The lowest BCUT2D eigenvalue weighted by Crippen LogP contribution is -2.32. The van der Waals surface area contributed by atoms with Crippen molar-refractivity contribution in [1.29, 1.82) is 0 Å². The summed E-state index contributed by atoms with van der Waals surface area (Å²) in [5.41, 5.74) is 3.07. The fourth-order valence-electron chi connectivity index (χ4n) is 3.61. The van der Waals surface area contributed by atoms with Crippen LogP contribution in [0.5, 0.6) is 0 Å². The van der Waals surface area contributed by atoms with Gasteiger partial charge < -0.3 is 5.32 Å². The summed E-state index contributed by atoms with van der Waals surface area (Å²) < 4.78 is 0. The highest BCUT2D eigenvalue weighted by Crippen LogP contribution is 2.39. The van der Waals surface area contributed by atoms with E-state index in [0.29, 0.717) is 6.04 Å². The fourth-order valence-corrected chi connectivity index (χ4v) is 3.61. The SMILES string of the molecule is CCNC1CCC(c2cccc(CC(C)C)c2)C1C. The molecule has 106 valence electrons. The molecule has 0 aromatic heterocycles. The molecule has 1 saturated carbocycles. The van der Waals surface area contributed by atoms with Crippen molar-refractivity contribution < 1.29 is 0 Å². The van der Waals surface area contributed by atoms with Gasteiger partial charge in [0.05, 0.1) is 0 Å². The van der Waals surface area contributed by atoms with Crippen molar-refractivity contribution >= 4 is 0 Å². The van der Waals surface area contributed by atoms with Crippen LogP contribution in [0.3, 0.4) is 0 Å². The second kappa shape index (κ2) is 6.56. The van der Waals surface area contributed by atoms with Crippen LogP contribution in [0, 0.1) is 11.8 Å². The molecule has 0 aliphatic heterocycles. The molecule has 3 atom stereocenters. The Hall–Kier alpha value is -0.820. The maximum atomic E-state index is 3.64. The van der Waals surface area contributed by atoms with Gasteiger partial charge in [0.15, 0.2) is 0 Å². The maximum absolute atomic E-state index is 3.64. The molecule has 1 fully saturated rings. The summed E-state index contributed by atoms with van der Waals surface area (Å²) in [5.74, 6) is 2.25. The van der Waals surface area contributed by atoms with E-state index in [2.05, 4.69) is 57.3 Å². The molecule has 1 nitrogen and oxygen atoms in total. The Balaban J connectivity index is 2.09. The summed E-state index contributed by atoms with van der Waals surface area (Å²) in [5, 5.41) is 3.64. The van der Waals surface area contributed by atoms with E-state index in [1.807, 2.05) is 0 Å². The molecule has 0 heterocycles. The number of hydrogen-bond acceptors (Lipinski definition) is 1. The molecular weight excluding hydrogens is 230 g/mol. The number of hydrogen-bond donors (Lipinski definition) is 1. The van der Waals surface area contributed by atoms with Crippen LogP contribution in [0.15, 0.2) is 24.3 Å². The molecule has 1 aliphatic rings. The first-order valence-electron chi connectivity index (χ1n) is 7.94. The summed E-state index contributed by atoms with van der Waals surface area (Å²) in [6, 6.07) is 10.0. The minimum Gasteiger partial charge on any atom is -0.314 e. The van der Waals surface area contributed by atoms with Gasteiger partial charge in [-0.3, -0.25) is 0 Å². The van der Waals surface area contributed by atoms with Gasteiger partial charge in [0.1, 0.15) is 0 Å². The first kappa shape index (κ1) is 14.6. The molecule has 2 rings (SSSR count). The quantitative estimate of drug-likeness (QED) is 0.827. The van der Waals surface area contributed by atoms with Crippen LogP contribution >= 0.6 is 0 Å². The average molecular weight is 259 g/mol. The van der Waals surface area contributed by atoms with E-state index in [4.69, 9.17) is 0 Å². The van der Waals surface area contributed by atoms with Gasteiger partial charge in [0.2, 0.25) is 0 Å². The van der Waals surface area contributed by atoms with E-state index in [-0.39, 0.29) is 0 Å². The molecule has 0 saturated heterocycles. The maximum Gasteiger partial charge on any atom is 0.00986 e. The van der Waals surface area contributed by atoms with Gasteiger partial charge in [-0.1, -0.05) is 52.0 Å². The van der Waals surface area contributed by atoms with Crippen molar-refractivity contribution in [2.24, 2.45) is 11.8 Å². The van der Waals surface area contributed by atoms with Crippen molar-refractivity contribution in [2.75, 3.05) is 6.54 Å². The smallest absolute Gasteiger partial charge is 0.00986 e. The Labute approximate surface area is 118 Å². The zero-order chi connectivity index (χ0) is 13.8. The van der Waals surface area contributed by atoms with E-state index in [1.54, 1.807) is 5.56 Å². The predicted molar refractivity (Wildman–Crippen MR) is 83.6 cm³/mol. The van der Waals surface area contributed by atoms with E-state index in [1.165, 1.54) is 24.8 Å². The summed E-state index contributed by atoms with van der Waals surface area (Å²) in [4.78, 5) is 0. The highest BCUT2D eigenvalue weighted by Gasteiger charge is 2.32. The van der Waals surface area contributed by atoms with Crippen LogP contribution < -0.4 is 5.32 Å². The number of rotatable bonds is 5. The van der Waals surface area contributed by atoms with Crippen LogP contribution in [0.4, 0.5) is 0 Å². The van der Waals surface area contributed by atoms with Crippen LogP contribution in [0.2, 0.25) is 0 Å². The Morgan fingerprint density at radius 1 is 1.26 bits per heavy atom. The molecule has 1 N–H and O–H groups in total. The van der Waals surface area contributed by atoms with Gasteiger partial charge in [-0.25, -0.2) is 0 Å². The molecule has 0 spiro atoms. The van der Waals surface area contributed by atoms with Gasteiger partial charge in [-0.15, -0.1) is 0 Å². The largest absolute Gasteiger partial charge is 0.314 e. The minimum atomic E-state index is 0.712. The third kappa shape index (κ3) is 3.60. The van der Waals surface area contributed by atoms with Crippen LogP contribution in [-0.2, 0) is 6.42 Å². The minimum absolute atomic E-state index is 0.712. The Morgan fingerprint density at radius 2 is 2.05 bits per heavy atom. The molecule has 1 heteroatoms. The first-order valence-corrected chi connectivity index (χ1v) is 7.94. The lowest BCUT2D eigenvalue weighted by atomic mass is 9.87. The lowest BCUT2D eigenvalue weighted by molar-refractivity contribution is 0.412. The fraction of sp³-hybridized carbons (Fsp3) is 0.667. The highest BCUT2D eigenvalue weighted by molar-refractivity contribution is 5.28. The van der Waals surface area contributed by atoms with Gasteiger partial charge in [-0.2, -0.15) is 0 Å². The second-order valence-corrected chi connectivity index (χ2v) is 6.55. The third-order valence-corrected chi connectivity index (χ3v) is 4.55. The zero-order valence-electron chi connectivity index (χ0n) is 12.9. The molecule has 1 aromatic rings. The summed E-state index contributed by atoms with van der Waals surface area (Å²) in [7, 11) is 0. The summed E-state index contributed by atoms with van der Waals surface area (Å²) in [6.45, 7) is 10.3. The molecule has 1 aromatic carbocycles. The summed E-state index contributed by atoms with van der Waals surface area (Å²) in [6.07, 6.45) is 3.86. The van der Waals surface area contributed by atoms with Gasteiger partial charge >= 0.3 is 0 Å². The monoisotopic (exact) mass is 259 g/mol. The van der Waals surface area contributed by atoms with Crippen molar-refractivity contribution in [3.63, 3.8) is 0 Å². The van der Waals surface area contributed by atoms with Crippen molar-refractivity contribution in [2.45, 2.75) is 58.9 Å². The second-order valence-electron chi connectivity index (χ2n) is 6.55. The van der Waals surface area contributed by atoms with Gasteiger partial charge in [0, 0.05) is 6.04 Å². The molecule has 19 heavy (non-hydrogen) atoms. The summed E-state index contributed by atoms with van der Waals surface area (Å²) >= 11 is 0. The topological polar surface area (TPSA) is 12.0 Å². The predicted octanol–water partition coefficient (Wildman–Crippen LogP) is 4.38. The molecule has 1 aliphatic carbocycles. The normalized spacial score (nSPS) is 27.1. The third-order valence-electron chi connectivity index (χ3n) is 4.55. The molecule has 0 amide bonds. The van der Waals surface area contributed by atoms with Crippen LogP contribution in [0.1, 0.15) is 57.6 Å². The molecular formula is C18H29N. The standard InChI is InChI=1S/C18H29N/c1-5-19-18-10-9-17(14(18)4)16-8-6-7-15(12-16)11-13(2)3/h6-8,12-14,17-19H,5,9-11H2,1-4H3.